The minimum absolute atomic E-state index is 0.340. The minimum Gasteiger partial charge on any atom is -0.313 e. The Bertz CT molecular complexity index is 238. The van der Waals surface area contributed by atoms with E-state index in [1.165, 1.54) is 38.8 Å². The first-order chi connectivity index (χ1) is 9.76. The highest BCUT2D eigenvalue weighted by Crippen LogP contribution is 2.23. The Morgan fingerprint density at radius 2 is 1.57 bits per heavy atom. The molecule has 1 atom stereocenters. The molecule has 0 aromatic heterocycles. The zero-order valence-electron chi connectivity index (χ0n) is 16.1. The van der Waals surface area contributed by atoms with E-state index >= 15 is 0 Å². The SMILES string of the molecule is CCCNC(CCN(CC(C)C)C(CC)CC)C(C)(C)C. The van der Waals surface area contributed by atoms with Gasteiger partial charge in [0, 0.05) is 18.6 Å². The van der Waals surface area contributed by atoms with Gasteiger partial charge in [0.1, 0.15) is 0 Å². The standard InChI is InChI=1S/C19H42N2/c1-9-13-20-18(19(6,7)8)12-14-21(15-16(4)5)17(10-2)11-3/h16-18,20H,9-15H2,1-8H3. The molecule has 0 rings (SSSR count). The maximum absolute atomic E-state index is 3.77. The zero-order chi connectivity index (χ0) is 16.5. The van der Waals surface area contributed by atoms with Crippen molar-refractivity contribution in [3.63, 3.8) is 0 Å². The fourth-order valence-corrected chi connectivity index (χ4v) is 3.15. The Morgan fingerprint density at radius 3 is 1.95 bits per heavy atom. The molecule has 1 N–H and O–H groups in total. The van der Waals surface area contributed by atoms with Crippen LogP contribution in [0.15, 0.2) is 0 Å². The normalized spacial score (nSPS) is 14.4. The topological polar surface area (TPSA) is 15.3 Å². The van der Waals surface area contributed by atoms with Crippen molar-refractivity contribution in [2.45, 2.75) is 93.2 Å². The molecule has 0 heterocycles. The first-order valence-electron chi connectivity index (χ1n) is 9.23. The minimum atomic E-state index is 0.340. The van der Waals surface area contributed by atoms with Gasteiger partial charge in [-0.2, -0.15) is 0 Å². The molecule has 1 unspecified atom stereocenters. The lowest BCUT2D eigenvalue weighted by Gasteiger charge is -2.37. The lowest BCUT2D eigenvalue weighted by atomic mass is 9.84. The van der Waals surface area contributed by atoms with Crippen molar-refractivity contribution in [1.82, 2.24) is 10.2 Å². The van der Waals surface area contributed by atoms with Crippen molar-refractivity contribution in [2.75, 3.05) is 19.6 Å². The predicted octanol–water partition coefficient (Wildman–Crippen LogP) is 4.94. The summed E-state index contributed by atoms with van der Waals surface area (Å²) in [6.07, 6.45) is 5.01. The molecule has 0 amide bonds. The average molecular weight is 299 g/mol. The number of nitrogens with one attached hydrogen (secondary N) is 1. The Labute approximate surface area is 135 Å². The van der Waals surface area contributed by atoms with Gasteiger partial charge in [0.05, 0.1) is 0 Å². The molecule has 2 heteroatoms. The van der Waals surface area contributed by atoms with Crippen LogP contribution in [0.5, 0.6) is 0 Å². The van der Waals surface area contributed by atoms with Gasteiger partial charge in [-0.15, -0.1) is 0 Å². The van der Waals surface area contributed by atoms with Crippen LogP contribution in [-0.2, 0) is 0 Å². The van der Waals surface area contributed by atoms with Crippen LogP contribution >= 0.6 is 0 Å². The first-order valence-corrected chi connectivity index (χ1v) is 9.23. The monoisotopic (exact) mass is 298 g/mol. The third kappa shape index (κ3) is 8.83. The van der Waals surface area contributed by atoms with Crippen molar-refractivity contribution in [2.24, 2.45) is 11.3 Å². The third-order valence-electron chi connectivity index (χ3n) is 4.45. The molecule has 0 aliphatic carbocycles. The highest BCUT2D eigenvalue weighted by Gasteiger charge is 2.25. The summed E-state index contributed by atoms with van der Waals surface area (Å²) in [6, 6.07) is 1.36. The summed E-state index contributed by atoms with van der Waals surface area (Å²) in [5, 5.41) is 3.77. The van der Waals surface area contributed by atoms with Gasteiger partial charge in [0.15, 0.2) is 0 Å². The quantitative estimate of drug-likeness (QED) is 0.581. The van der Waals surface area contributed by atoms with E-state index in [4.69, 9.17) is 0 Å². The van der Waals surface area contributed by atoms with E-state index in [0.717, 1.165) is 18.5 Å². The van der Waals surface area contributed by atoms with Crippen molar-refractivity contribution in [3.8, 4) is 0 Å². The zero-order valence-corrected chi connectivity index (χ0v) is 16.1. The summed E-state index contributed by atoms with van der Waals surface area (Å²) in [4.78, 5) is 2.73. The van der Waals surface area contributed by atoms with Gasteiger partial charge in [0.2, 0.25) is 0 Å². The molecule has 0 aliphatic heterocycles. The summed E-state index contributed by atoms with van der Waals surface area (Å²) in [7, 11) is 0. The summed E-state index contributed by atoms with van der Waals surface area (Å²) in [5.41, 5.74) is 0.340. The van der Waals surface area contributed by atoms with Gasteiger partial charge in [-0.3, -0.25) is 0 Å². The molecular weight excluding hydrogens is 256 g/mol. The molecule has 0 radical (unpaired) electrons. The fraction of sp³-hybridized carbons (Fsp3) is 1.00. The van der Waals surface area contributed by atoms with E-state index in [9.17, 15) is 0 Å². The maximum atomic E-state index is 3.77. The number of hydrogen-bond donors (Lipinski definition) is 1. The Kier molecular flexibility index (Phi) is 10.6. The molecule has 2 nitrogen and oxygen atoms in total. The van der Waals surface area contributed by atoms with E-state index < -0.39 is 0 Å². The predicted molar refractivity (Wildman–Crippen MR) is 96.9 cm³/mol. The van der Waals surface area contributed by atoms with Crippen molar-refractivity contribution in [3.05, 3.63) is 0 Å². The van der Waals surface area contributed by atoms with E-state index in [-0.39, 0.29) is 0 Å². The second-order valence-electron chi connectivity index (χ2n) is 8.02. The van der Waals surface area contributed by atoms with E-state index in [2.05, 4.69) is 65.6 Å². The second kappa shape index (κ2) is 10.6. The molecule has 0 saturated carbocycles. The molecular formula is C19H42N2. The molecule has 0 fully saturated rings. The summed E-state index contributed by atoms with van der Waals surface area (Å²) in [5.74, 6) is 0.752. The molecule has 0 aliphatic rings. The average Bonchev–Trinajstić information content (AvgIpc) is 2.37. The van der Waals surface area contributed by atoms with Gasteiger partial charge < -0.3 is 10.2 Å². The number of nitrogens with zero attached hydrogens (tertiary/aromatic N) is 1. The smallest absolute Gasteiger partial charge is 0.0128 e. The van der Waals surface area contributed by atoms with Crippen molar-refractivity contribution >= 4 is 0 Å². The van der Waals surface area contributed by atoms with Crippen LogP contribution in [0.4, 0.5) is 0 Å². The van der Waals surface area contributed by atoms with Gasteiger partial charge >= 0.3 is 0 Å². The Balaban J connectivity index is 4.65. The van der Waals surface area contributed by atoms with Crippen LogP contribution in [0.2, 0.25) is 0 Å². The highest BCUT2D eigenvalue weighted by atomic mass is 15.2. The van der Waals surface area contributed by atoms with Gasteiger partial charge in [0.25, 0.3) is 0 Å². The van der Waals surface area contributed by atoms with Crippen LogP contribution in [-0.4, -0.2) is 36.6 Å². The Hall–Kier alpha value is -0.0800. The van der Waals surface area contributed by atoms with Crippen molar-refractivity contribution in [1.29, 1.82) is 0 Å². The van der Waals surface area contributed by atoms with E-state index in [0.29, 0.717) is 11.5 Å². The lowest BCUT2D eigenvalue weighted by Crippen LogP contribution is -2.45. The molecule has 21 heavy (non-hydrogen) atoms. The maximum Gasteiger partial charge on any atom is 0.0128 e. The third-order valence-corrected chi connectivity index (χ3v) is 4.45. The molecule has 128 valence electrons. The molecule has 0 aromatic carbocycles. The molecule has 0 spiro atoms. The summed E-state index contributed by atoms with van der Waals surface area (Å²) in [6.45, 7) is 22.3. The van der Waals surface area contributed by atoms with Crippen molar-refractivity contribution < 1.29 is 0 Å². The highest BCUT2D eigenvalue weighted by molar-refractivity contribution is 4.82. The summed E-state index contributed by atoms with van der Waals surface area (Å²) < 4.78 is 0. The van der Waals surface area contributed by atoms with E-state index in [1.54, 1.807) is 0 Å². The first kappa shape index (κ1) is 20.9. The molecule has 0 saturated heterocycles. The van der Waals surface area contributed by atoms with Crippen LogP contribution in [0.3, 0.4) is 0 Å². The fourth-order valence-electron chi connectivity index (χ4n) is 3.15. The largest absolute Gasteiger partial charge is 0.313 e. The van der Waals surface area contributed by atoms with Crippen LogP contribution in [0, 0.1) is 11.3 Å². The van der Waals surface area contributed by atoms with Gasteiger partial charge in [-0.05, 0) is 50.1 Å². The summed E-state index contributed by atoms with van der Waals surface area (Å²) >= 11 is 0. The molecule has 0 bridgehead atoms. The van der Waals surface area contributed by atoms with Gasteiger partial charge in [-0.1, -0.05) is 55.4 Å². The number of rotatable bonds is 11. The van der Waals surface area contributed by atoms with E-state index in [1.807, 2.05) is 0 Å². The van der Waals surface area contributed by atoms with Crippen LogP contribution in [0.25, 0.3) is 0 Å². The van der Waals surface area contributed by atoms with Gasteiger partial charge in [-0.25, -0.2) is 0 Å². The Morgan fingerprint density at radius 1 is 1.00 bits per heavy atom. The van der Waals surface area contributed by atoms with Crippen LogP contribution < -0.4 is 5.32 Å². The second-order valence-corrected chi connectivity index (χ2v) is 8.02. The lowest BCUT2D eigenvalue weighted by molar-refractivity contribution is 0.142. The molecule has 0 aromatic rings. The van der Waals surface area contributed by atoms with Crippen LogP contribution in [0.1, 0.15) is 81.1 Å². The number of hydrogen-bond acceptors (Lipinski definition) is 2.